The van der Waals surface area contributed by atoms with Crippen LogP contribution in [-0.4, -0.2) is 35.1 Å². The molecule has 0 unspecified atom stereocenters. The highest BCUT2D eigenvalue weighted by atomic mass is 32.2. The van der Waals surface area contributed by atoms with Crippen molar-refractivity contribution in [2.75, 3.05) is 11.0 Å². The molecular formula is C17H17N5O3S. The van der Waals surface area contributed by atoms with Crippen molar-refractivity contribution in [3.63, 3.8) is 0 Å². The molecule has 0 spiro atoms. The first-order chi connectivity index (χ1) is 12.4. The van der Waals surface area contributed by atoms with Crippen molar-refractivity contribution in [1.82, 2.24) is 19.9 Å². The molecule has 0 radical (unpaired) electrons. The Morgan fingerprint density at radius 1 is 1.19 bits per heavy atom. The van der Waals surface area contributed by atoms with Gasteiger partial charge in [-0.2, -0.15) is 0 Å². The first-order valence-corrected chi connectivity index (χ1v) is 9.60. The molecule has 2 aromatic heterocycles. The van der Waals surface area contributed by atoms with Gasteiger partial charge in [0.15, 0.2) is 0 Å². The van der Waals surface area contributed by atoms with E-state index in [1.54, 1.807) is 47.7 Å². The third-order valence-corrected chi connectivity index (χ3v) is 4.09. The molecule has 26 heavy (non-hydrogen) atoms. The molecule has 0 bridgehead atoms. The van der Waals surface area contributed by atoms with Gasteiger partial charge in [0, 0.05) is 25.1 Å². The Morgan fingerprint density at radius 3 is 2.65 bits per heavy atom. The van der Waals surface area contributed by atoms with Gasteiger partial charge < -0.3 is 5.32 Å². The van der Waals surface area contributed by atoms with E-state index >= 15 is 0 Å². The Morgan fingerprint density at radius 2 is 2.00 bits per heavy atom. The van der Waals surface area contributed by atoms with Crippen LogP contribution in [0.5, 0.6) is 0 Å². The summed E-state index contributed by atoms with van der Waals surface area (Å²) in [5.74, 6) is 0.343. The van der Waals surface area contributed by atoms with E-state index in [2.05, 4.69) is 20.0 Å². The van der Waals surface area contributed by atoms with Crippen LogP contribution in [0.2, 0.25) is 0 Å². The number of hydrogen-bond acceptors (Lipinski definition) is 5. The summed E-state index contributed by atoms with van der Waals surface area (Å²) >= 11 is 0. The second-order valence-electron chi connectivity index (χ2n) is 5.60. The third kappa shape index (κ3) is 4.45. The molecule has 0 atom stereocenters. The van der Waals surface area contributed by atoms with Crippen molar-refractivity contribution in [2.45, 2.75) is 6.54 Å². The number of carbonyl (C=O) groups is 1. The molecule has 2 N–H and O–H groups in total. The Balaban J connectivity index is 1.68. The molecule has 8 nitrogen and oxygen atoms in total. The van der Waals surface area contributed by atoms with Crippen LogP contribution >= 0.6 is 0 Å². The molecule has 1 amide bonds. The lowest BCUT2D eigenvalue weighted by Crippen LogP contribution is -2.24. The van der Waals surface area contributed by atoms with Crippen molar-refractivity contribution in [3.8, 4) is 5.82 Å². The molecule has 134 valence electrons. The van der Waals surface area contributed by atoms with Gasteiger partial charge >= 0.3 is 0 Å². The predicted molar refractivity (Wildman–Crippen MR) is 97.4 cm³/mol. The number of imidazole rings is 1. The van der Waals surface area contributed by atoms with Crippen LogP contribution in [0.15, 0.2) is 61.3 Å². The number of rotatable bonds is 6. The normalized spacial score (nSPS) is 11.1. The molecule has 0 aliphatic heterocycles. The van der Waals surface area contributed by atoms with E-state index in [0.717, 1.165) is 17.6 Å². The Hall–Kier alpha value is -3.20. The van der Waals surface area contributed by atoms with E-state index in [4.69, 9.17) is 0 Å². The Kier molecular flexibility index (Phi) is 4.99. The highest BCUT2D eigenvalue weighted by molar-refractivity contribution is 7.92. The van der Waals surface area contributed by atoms with Gasteiger partial charge in [-0.15, -0.1) is 0 Å². The Labute approximate surface area is 151 Å². The number of sulfonamides is 1. The largest absolute Gasteiger partial charge is 0.348 e. The highest BCUT2D eigenvalue weighted by Gasteiger charge is 2.13. The number of nitrogens with zero attached hydrogens (tertiary/aromatic N) is 3. The van der Waals surface area contributed by atoms with Crippen molar-refractivity contribution in [1.29, 1.82) is 0 Å². The van der Waals surface area contributed by atoms with Crippen molar-refractivity contribution < 1.29 is 13.2 Å². The molecule has 3 rings (SSSR count). The minimum Gasteiger partial charge on any atom is -0.348 e. The average molecular weight is 371 g/mol. The van der Waals surface area contributed by atoms with Gasteiger partial charge in [0.05, 0.1) is 17.5 Å². The van der Waals surface area contributed by atoms with Gasteiger partial charge in [0.1, 0.15) is 12.1 Å². The summed E-state index contributed by atoms with van der Waals surface area (Å²) in [6, 6.07) is 10.1. The number of pyridine rings is 1. The van der Waals surface area contributed by atoms with E-state index < -0.39 is 10.0 Å². The summed E-state index contributed by atoms with van der Waals surface area (Å²) in [6.45, 7) is 0.267. The zero-order valence-corrected chi connectivity index (χ0v) is 14.8. The van der Waals surface area contributed by atoms with Crippen LogP contribution in [0.3, 0.4) is 0 Å². The molecule has 0 saturated carbocycles. The lowest BCUT2D eigenvalue weighted by Gasteiger charge is -2.11. The summed E-state index contributed by atoms with van der Waals surface area (Å²) in [6.07, 6.45) is 7.80. The maximum Gasteiger partial charge on any atom is 0.253 e. The molecule has 0 aliphatic rings. The molecule has 1 aromatic carbocycles. The van der Waals surface area contributed by atoms with Gasteiger partial charge in [-0.05, 0) is 23.8 Å². The smallest absolute Gasteiger partial charge is 0.253 e. The fourth-order valence-corrected chi connectivity index (χ4v) is 2.89. The van der Waals surface area contributed by atoms with Crippen LogP contribution < -0.4 is 10.0 Å². The van der Waals surface area contributed by atoms with E-state index in [9.17, 15) is 13.2 Å². The fraction of sp³-hybridized carbons (Fsp3) is 0.118. The molecule has 2 heterocycles. The second-order valence-corrected chi connectivity index (χ2v) is 7.35. The van der Waals surface area contributed by atoms with E-state index in [-0.39, 0.29) is 23.7 Å². The van der Waals surface area contributed by atoms with Crippen molar-refractivity contribution in [2.24, 2.45) is 0 Å². The molecule has 0 aliphatic carbocycles. The van der Waals surface area contributed by atoms with Gasteiger partial charge in [0.25, 0.3) is 5.91 Å². The monoisotopic (exact) mass is 371 g/mol. The van der Waals surface area contributed by atoms with Crippen molar-refractivity contribution >= 4 is 21.6 Å². The molecule has 9 heteroatoms. The number of hydrogen-bond donors (Lipinski definition) is 2. The lowest BCUT2D eigenvalue weighted by atomic mass is 10.1. The zero-order chi connectivity index (χ0) is 18.6. The molecular weight excluding hydrogens is 354 g/mol. The number of nitrogens with one attached hydrogen (secondary N) is 2. The fourth-order valence-electron chi connectivity index (χ4n) is 2.32. The van der Waals surface area contributed by atoms with Crippen LogP contribution in [0.4, 0.5) is 5.69 Å². The van der Waals surface area contributed by atoms with Crippen LogP contribution in [0.1, 0.15) is 15.9 Å². The zero-order valence-electron chi connectivity index (χ0n) is 14.0. The first-order valence-electron chi connectivity index (χ1n) is 7.71. The third-order valence-electron chi connectivity index (χ3n) is 3.50. The summed E-state index contributed by atoms with van der Waals surface area (Å²) in [4.78, 5) is 20.7. The summed E-state index contributed by atoms with van der Waals surface area (Å²) in [5, 5.41) is 2.76. The minimum atomic E-state index is -3.47. The number of aromatic nitrogens is 3. The number of amides is 1. The predicted octanol–water partition coefficient (Wildman–Crippen LogP) is 1.57. The van der Waals surface area contributed by atoms with Gasteiger partial charge in [-0.3, -0.25) is 14.1 Å². The lowest BCUT2D eigenvalue weighted by molar-refractivity contribution is 0.0952. The summed E-state index contributed by atoms with van der Waals surface area (Å²) in [5.41, 5.74) is 1.30. The SMILES string of the molecule is CS(=O)(=O)Nc1ccccc1C(=O)NCc1ccc(-n2ccnc2)nc1. The molecule has 3 aromatic rings. The van der Waals surface area contributed by atoms with Gasteiger partial charge in [-0.25, -0.2) is 18.4 Å². The summed E-state index contributed by atoms with van der Waals surface area (Å²) < 4.78 is 27.0. The minimum absolute atomic E-state index is 0.237. The number of para-hydroxylation sites is 1. The quantitative estimate of drug-likeness (QED) is 0.684. The van der Waals surface area contributed by atoms with Crippen LogP contribution in [0.25, 0.3) is 5.82 Å². The standard InChI is InChI=1S/C17H17N5O3S/c1-26(24,25)21-15-5-3-2-4-14(15)17(23)20-11-13-6-7-16(19-10-13)22-9-8-18-12-22/h2-10,12,21H,11H2,1H3,(H,20,23). The maximum absolute atomic E-state index is 12.4. The average Bonchev–Trinajstić information content (AvgIpc) is 3.14. The van der Waals surface area contributed by atoms with E-state index in [1.807, 2.05) is 12.1 Å². The van der Waals surface area contributed by atoms with Crippen LogP contribution in [-0.2, 0) is 16.6 Å². The number of anilines is 1. The second kappa shape index (κ2) is 7.36. The summed E-state index contributed by atoms with van der Waals surface area (Å²) in [7, 11) is -3.47. The van der Waals surface area contributed by atoms with Gasteiger partial charge in [-0.1, -0.05) is 18.2 Å². The number of carbonyl (C=O) groups excluding carboxylic acids is 1. The van der Waals surface area contributed by atoms with Crippen molar-refractivity contribution in [3.05, 3.63) is 72.4 Å². The van der Waals surface area contributed by atoms with E-state index in [0.29, 0.717) is 0 Å². The van der Waals surface area contributed by atoms with Crippen LogP contribution in [0, 0.1) is 0 Å². The van der Waals surface area contributed by atoms with Gasteiger partial charge in [0.2, 0.25) is 10.0 Å². The Bertz CT molecular complexity index is 999. The number of benzene rings is 1. The molecule has 0 fully saturated rings. The first kappa shape index (κ1) is 17.6. The maximum atomic E-state index is 12.4. The molecule has 0 saturated heterocycles. The highest BCUT2D eigenvalue weighted by Crippen LogP contribution is 2.16. The topological polar surface area (TPSA) is 106 Å². The van der Waals surface area contributed by atoms with E-state index in [1.165, 1.54) is 6.07 Å².